The molecule has 0 amide bonds. The van der Waals surface area contributed by atoms with Crippen molar-refractivity contribution in [3.63, 3.8) is 0 Å². The molecule has 0 aliphatic carbocycles. The zero-order valence-electron chi connectivity index (χ0n) is 12.1. The maximum atomic E-state index is 5.96. The van der Waals surface area contributed by atoms with Gasteiger partial charge in [-0.1, -0.05) is 30.3 Å². The number of hydrogen-bond donors (Lipinski definition) is 1. The minimum atomic E-state index is 0.109. The van der Waals surface area contributed by atoms with Crippen molar-refractivity contribution in [1.29, 1.82) is 0 Å². The molecule has 21 heavy (non-hydrogen) atoms. The molecule has 1 aromatic heterocycles. The number of aromatic nitrogens is 3. The average Bonchev–Trinajstić information content (AvgIpc) is 3.03. The number of likely N-dealkylation sites (N-methyl/N-ethyl adjacent to an activating group) is 1. The third kappa shape index (κ3) is 3.28. The Labute approximate surface area is 129 Å². The number of nitrogens with zero attached hydrogens (tertiary/aromatic N) is 3. The van der Waals surface area contributed by atoms with Crippen molar-refractivity contribution in [3.8, 4) is 5.69 Å². The number of hydrogen-bond acceptors (Lipinski definition) is 5. The van der Waals surface area contributed by atoms with E-state index in [0.717, 1.165) is 36.0 Å². The summed E-state index contributed by atoms with van der Waals surface area (Å²) in [5.74, 6) is 2.07. The lowest BCUT2D eigenvalue weighted by molar-refractivity contribution is 0.0455. The van der Waals surface area contributed by atoms with Gasteiger partial charge in [-0.05, 0) is 18.7 Å². The second-order valence-electron chi connectivity index (χ2n) is 4.93. The Kier molecular flexibility index (Phi) is 4.90. The van der Waals surface area contributed by atoms with Crippen molar-refractivity contribution in [2.75, 3.05) is 24.7 Å². The van der Waals surface area contributed by atoms with E-state index in [0.29, 0.717) is 0 Å². The summed E-state index contributed by atoms with van der Waals surface area (Å²) in [6.45, 7) is 3.80. The molecule has 1 aromatic carbocycles. The van der Waals surface area contributed by atoms with Crippen LogP contribution in [0.3, 0.4) is 0 Å². The monoisotopic (exact) mass is 304 g/mol. The molecule has 2 unspecified atom stereocenters. The Morgan fingerprint density at radius 3 is 3.00 bits per heavy atom. The molecule has 2 aromatic rings. The van der Waals surface area contributed by atoms with Crippen LogP contribution < -0.4 is 5.32 Å². The first-order valence-corrected chi connectivity index (χ1v) is 8.44. The van der Waals surface area contributed by atoms with Crippen molar-refractivity contribution in [2.24, 2.45) is 0 Å². The van der Waals surface area contributed by atoms with Gasteiger partial charge >= 0.3 is 0 Å². The van der Waals surface area contributed by atoms with Crippen LogP contribution >= 0.6 is 11.8 Å². The predicted molar refractivity (Wildman–Crippen MR) is 84.8 cm³/mol. The van der Waals surface area contributed by atoms with E-state index in [1.165, 1.54) is 0 Å². The van der Waals surface area contributed by atoms with Crippen LogP contribution in [-0.4, -0.2) is 45.8 Å². The molecule has 0 bridgehead atoms. The molecular weight excluding hydrogens is 284 g/mol. The minimum Gasteiger partial charge on any atom is -0.374 e. The average molecular weight is 304 g/mol. The summed E-state index contributed by atoms with van der Waals surface area (Å²) >= 11 is 1.94. The van der Waals surface area contributed by atoms with Gasteiger partial charge in [0.15, 0.2) is 0 Å². The normalized spacial score (nSPS) is 20.3. The van der Waals surface area contributed by atoms with Crippen molar-refractivity contribution in [3.05, 3.63) is 42.2 Å². The van der Waals surface area contributed by atoms with Gasteiger partial charge in [-0.15, -0.1) is 5.10 Å². The number of ether oxygens (including phenoxy) is 1. The lowest BCUT2D eigenvalue weighted by atomic mass is 10.1. The predicted octanol–water partition coefficient (Wildman–Crippen LogP) is 2.05. The van der Waals surface area contributed by atoms with Gasteiger partial charge in [-0.2, -0.15) is 11.8 Å². The molecule has 2 atom stereocenters. The zero-order chi connectivity index (χ0) is 14.5. The number of para-hydroxylation sites is 1. The fraction of sp³-hybridized carbons (Fsp3) is 0.467. The Hall–Kier alpha value is -1.37. The Balaban J connectivity index is 1.91. The molecule has 6 heteroatoms. The maximum absolute atomic E-state index is 5.96. The van der Waals surface area contributed by atoms with E-state index >= 15 is 0 Å². The molecule has 112 valence electrons. The van der Waals surface area contributed by atoms with Crippen molar-refractivity contribution in [1.82, 2.24) is 20.3 Å². The lowest BCUT2D eigenvalue weighted by Crippen LogP contribution is -2.39. The second kappa shape index (κ2) is 7.06. The summed E-state index contributed by atoms with van der Waals surface area (Å²) in [6, 6.07) is 10.2. The first kappa shape index (κ1) is 14.6. The lowest BCUT2D eigenvalue weighted by Gasteiger charge is -2.30. The fourth-order valence-electron chi connectivity index (χ4n) is 2.57. The van der Waals surface area contributed by atoms with Crippen LogP contribution in [0.1, 0.15) is 18.7 Å². The SMILES string of the molecule is CCNC(c1cnnn1-c1ccccc1)C1CSCCO1. The Morgan fingerprint density at radius 2 is 2.29 bits per heavy atom. The zero-order valence-corrected chi connectivity index (χ0v) is 12.9. The van der Waals surface area contributed by atoms with E-state index in [9.17, 15) is 0 Å². The standard InChI is InChI=1S/C15H20N4OS/c1-2-16-15(14-11-21-9-8-20-14)13-10-17-18-19(13)12-6-4-3-5-7-12/h3-7,10,14-16H,2,8-9,11H2,1H3. The third-order valence-corrected chi connectivity index (χ3v) is 4.55. The van der Waals surface area contributed by atoms with Gasteiger partial charge in [-0.3, -0.25) is 0 Å². The van der Waals surface area contributed by atoms with Crippen LogP contribution in [0.4, 0.5) is 0 Å². The molecule has 1 fully saturated rings. The molecule has 3 rings (SSSR count). The minimum absolute atomic E-state index is 0.109. The summed E-state index contributed by atoms with van der Waals surface area (Å²) in [4.78, 5) is 0. The Morgan fingerprint density at radius 1 is 1.43 bits per heavy atom. The molecule has 5 nitrogen and oxygen atoms in total. The highest BCUT2D eigenvalue weighted by Crippen LogP contribution is 2.26. The van der Waals surface area contributed by atoms with E-state index in [1.807, 2.05) is 53.0 Å². The van der Waals surface area contributed by atoms with E-state index in [-0.39, 0.29) is 12.1 Å². The highest BCUT2D eigenvalue weighted by Gasteiger charge is 2.29. The molecular formula is C15H20N4OS. The summed E-state index contributed by atoms with van der Waals surface area (Å²) in [7, 11) is 0. The van der Waals surface area contributed by atoms with E-state index in [1.54, 1.807) is 0 Å². The van der Waals surface area contributed by atoms with Crippen LogP contribution in [0.25, 0.3) is 5.69 Å². The van der Waals surface area contributed by atoms with Crippen molar-refractivity contribution >= 4 is 11.8 Å². The molecule has 1 saturated heterocycles. The van der Waals surface area contributed by atoms with Crippen LogP contribution in [0.5, 0.6) is 0 Å². The summed E-state index contributed by atoms with van der Waals surface area (Å²) in [5.41, 5.74) is 2.08. The third-order valence-electron chi connectivity index (χ3n) is 3.53. The van der Waals surface area contributed by atoms with Gasteiger partial charge in [0.1, 0.15) is 0 Å². The van der Waals surface area contributed by atoms with Gasteiger partial charge in [0, 0.05) is 11.5 Å². The number of nitrogens with one attached hydrogen (secondary N) is 1. The van der Waals surface area contributed by atoms with Gasteiger partial charge in [0.2, 0.25) is 0 Å². The van der Waals surface area contributed by atoms with Gasteiger partial charge in [0.25, 0.3) is 0 Å². The summed E-state index contributed by atoms with van der Waals surface area (Å²) in [6.07, 6.45) is 1.99. The van der Waals surface area contributed by atoms with Crippen LogP contribution in [0, 0.1) is 0 Å². The largest absolute Gasteiger partial charge is 0.374 e. The molecule has 2 heterocycles. The smallest absolute Gasteiger partial charge is 0.0876 e. The van der Waals surface area contributed by atoms with Crippen LogP contribution in [-0.2, 0) is 4.74 Å². The first-order valence-electron chi connectivity index (χ1n) is 7.29. The number of benzene rings is 1. The quantitative estimate of drug-likeness (QED) is 0.916. The van der Waals surface area contributed by atoms with Crippen molar-refractivity contribution < 1.29 is 4.74 Å². The molecule has 0 spiro atoms. The van der Waals surface area contributed by atoms with Crippen LogP contribution in [0.15, 0.2) is 36.5 Å². The van der Waals surface area contributed by atoms with E-state index < -0.39 is 0 Å². The fourth-order valence-corrected chi connectivity index (χ4v) is 3.47. The van der Waals surface area contributed by atoms with Gasteiger partial charge < -0.3 is 10.1 Å². The van der Waals surface area contributed by atoms with Gasteiger partial charge in [0.05, 0.1) is 36.3 Å². The maximum Gasteiger partial charge on any atom is 0.0876 e. The first-order chi connectivity index (χ1) is 10.4. The Bertz CT molecular complexity index is 554. The summed E-state index contributed by atoms with van der Waals surface area (Å²) < 4.78 is 7.85. The topological polar surface area (TPSA) is 52.0 Å². The van der Waals surface area contributed by atoms with E-state index in [4.69, 9.17) is 4.74 Å². The molecule has 1 aliphatic heterocycles. The number of rotatable bonds is 5. The molecule has 0 radical (unpaired) electrons. The summed E-state index contributed by atoms with van der Waals surface area (Å²) in [5, 5.41) is 11.9. The van der Waals surface area contributed by atoms with Gasteiger partial charge in [-0.25, -0.2) is 4.68 Å². The highest BCUT2D eigenvalue weighted by molar-refractivity contribution is 7.99. The molecule has 1 aliphatic rings. The van der Waals surface area contributed by atoms with Crippen LogP contribution in [0.2, 0.25) is 0 Å². The van der Waals surface area contributed by atoms with E-state index in [2.05, 4.69) is 22.6 Å². The molecule has 1 N–H and O–H groups in total. The number of thioether (sulfide) groups is 1. The van der Waals surface area contributed by atoms with Crippen molar-refractivity contribution in [2.45, 2.75) is 19.1 Å². The molecule has 0 saturated carbocycles. The second-order valence-corrected chi connectivity index (χ2v) is 6.08. The highest BCUT2D eigenvalue weighted by atomic mass is 32.2.